The van der Waals surface area contributed by atoms with Crippen molar-refractivity contribution in [3.05, 3.63) is 48.6 Å². The van der Waals surface area contributed by atoms with Crippen molar-refractivity contribution < 1.29 is 20.1 Å². The van der Waals surface area contributed by atoms with Gasteiger partial charge >= 0.3 is 0 Å². The van der Waals surface area contributed by atoms with E-state index in [1.165, 1.54) is 0 Å². The van der Waals surface area contributed by atoms with Gasteiger partial charge in [-0.2, -0.15) is 0 Å². The van der Waals surface area contributed by atoms with Gasteiger partial charge in [-0.05, 0) is 44.9 Å². The fourth-order valence-corrected chi connectivity index (χ4v) is 2.02. The third kappa shape index (κ3) is 18.4. The molecule has 0 aliphatic heterocycles. The molecule has 0 aliphatic carbocycles. The summed E-state index contributed by atoms with van der Waals surface area (Å²) >= 11 is 0. The minimum absolute atomic E-state index is 0.121. The van der Waals surface area contributed by atoms with Crippen molar-refractivity contribution in [2.45, 2.75) is 63.9 Å². The SMILES string of the molecule is O=C([O-])CCC/C=C\C/C=C\C/C=C\C=C\C(O)CCCCCO. The normalized spacial score (nSPS) is 13.8. The Hall–Kier alpha value is -1.65. The molecule has 0 aromatic heterocycles. The quantitative estimate of drug-likeness (QED) is 0.274. The zero-order valence-corrected chi connectivity index (χ0v) is 14.5. The molecule has 0 spiro atoms. The standard InChI is InChI=1S/C20H32O4/c21-18-14-10-12-16-19(22)15-11-8-6-4-2-1-3-5-7-9-13-17-20(23)24/h1-2,5-8,11,15,19,21-22H,3-4,9-10,12-14,16-18H2,(H,23,24)/p-1/b2-1-,7-5-,8-6-,15-11+. The van der Waals surface area contributed by atoms with Crippen LogP contribution in [0.4, 0.5) is 0 Å². The number of carboxylic acid groups (broad SMARTS) is 1. The van der Waals surface area contributed by atoms with Crippen molar-refractivity contribution in [1.82, 2.24) is 0 Å². The molecule has 0 radical (unpaired) electrons. The van der Waals surface area contributed by atoms with Crippen LogP contribution >= 0.6 is 0 Å². The number of carboxylic acids is 1. The van der Waals surface area contributed by atoms with Gasteiger partial charge in [0.2, 0.25) is 0 Å². The molecular weight excluding hydrogens is 304 g/mol. The predicted molar refractivity (Wildman–Crippen MR) is 96.2 cm³/mol. The molecule has 0 fully saturated rings. The summed E-state index contributed by atoms with van der Waals surface area (Å²) in [6.45, 7) is 0.223. The van der Waals surface area contributed by atoms with Crippen LogP contribution in [0.1, 0.15) is 57.8 Å². The van der Waals surface area contributed by atoms with Crippen LogP contribution in [-0.2, 0) is 4.79 Å². The number of rotatable bonds is 15. The molecule has 24 heavy (non-hydrogen) atoms. The minimum atomic E-state index is -0.988. The molecule has 0 heterocycles. The Morgan fingerprint density at radius 3 is 2.33 bits per heavy atom. The lowest BCUT2D eigenvalue weighted by atomic mass is 10.1. The van der Waals surface area contributed by atoms with Crippen LogP contribution in [-0.4, -0.2) is 28.9 Å². The van der Waals surface area contributed by atoms with Gasteiger partial charge < -0.3 is 20.1 Å². The number of aliphatic hydroxyl groups is 2. The highest BCUT2D eigenvalue weighted by Gasteiger charge is 1.97. The number of hydrogen-bond acceptors (Lipinski definition) is 4. The summed E-state index contributed by atoms with van der Waals surface area (Å²) in [5.41, 5.74) is 0. The summed E-state index contributed by atoms with van der Waals surface area (Å²) in [6.07, 6.45) is 22.0. The highest BCUT2D eigenvalue weighted by Crippen LogP contribution is 2.04. The maximum absolute atomic E-state index is 10.2. The molecule has 0 saturated heterocycles. The topological polar surface area (TPSA) is 80.6 Å². The molecular formula is C20H31O4-. The van der Waals surface area contributed by atoms with E-state index in [1.54, 1.807) is 6.08 Å². The number of aliphatic hydroxyl groups excluding tert-OH is 2. The van der Waals surface area contributed by atoms with E-state index < -0.39 is 12.1 Å². The van der Waals surface area contributed by atoms with Crippen molar-refractivity contribution in [1.29, 1.82) is 0 Å². The minimum Gasteiger partial charge on any atom is -0.550 e. The third-order valence-corrected chi connectivity index (χ3v) is 3.37. The van der Waals surface area contributed by atoms with Gasteiger partial charge in [-0.25, -0.2) is 0 Å². The summed E-state index contributed by atoms with van der Waals surface area (Å²) in [5, 5.41) is 28.6. The first-order chi connectivity index (χ1) is 11.7. The number of carbonyl (C=O) groups is 1. The van der Waals surface area contributed by atoms with E-state index in [9.17, 15) is 15.0 Å². The molecule has 4 nitrogen and oxygen atoms in total. The first-order valence-electron chi connectivity index (χ1n) is 8.79. The van der Waals surface area contributed by atoms with Gasteiger partial charge in [-0.1, -0.05) is 61.4 Å². The van der Waals surface area contributed by atoms with Crippen molar-refractivity contribution in [3.63, 3.8) is 0 Å². The van der Waals surface area contributed by atoms with Crippen LogP contribution in [0, 0.1) is 0 Å². The highest BCUT2D eigenvalue weighted by atomic mass is 16.4. The van der Waals surface area contributed by atoms with E-state index in [2.05, 4.69) is 12.2 Å². The molecule has 0 rings (SSSR count). The average Bonchev–Trinajstić information content (AvgIpc) is 2.55. The molecule has 0 amide bonds. The Balaban J connectivity index is 3.57. The zero-order valence-electron chi connectivity index (χ0n) is 14.5. The maximum Gasteiger partial charge on any atom is 0.0723 e. The second kappa shape index (κ2) is 17.7. The lowest BCUT2D eigenvalue weighted by molar-refractivity contribution is -0.305. The van der Waals surface area contributed by atoms with Gasteiger partial charge in [0.1, 0.15) is 0 Å². The molecule has 1 atom stereocenters. The number of hydrogen-bond donors (Lipinski definition) is 2. The van der Waals surface area contributed by atoms with Crippen LogP contribution in [0.25, 0.3) is 0 Å². The smallest absolute Gasteiger partial charge is 0.0723 e. The largest absolute Gasteiger partial charge is 0.550 e. The van der Waals surface area contributed by atoms with E-state index >= 15 is 0 Å². The molecule has 4 heteroatoms. The Kier molecular flexibility index (Phi) is 16.5. The van der Waals surface area contributed by atoms with Crippen molar-refractivity contribution in [2.75, 3.05) is 6.61 Å². The predicted octanol–water partition coefficient (Wildman–Crippen LogP) is 2.83. The molecule has 0 bridgehead atoms. The van der Waals surface area contributed by atoms with Gasteiger partial charge in [0.15, 0.2) is 0 Å². The molecule has 136 valence electrons. The highest BCUT2D eigenvalue weighted by molar-refractivity contribution is 5.64. The van der Waals surface area contributed by atoms with E-state index in [4.69, 9.17) is 5.11 Å². The van der Waals surface area contributed by atoms with Crippen LogP contribution in [0.2, 0.25) is 0 Å². The van der Waals surface area contributed by atoms with Gasteiger partial charge in [-0.15, -0.1) is 0 Å². The molecule has 0 saturated carbocycles. The molecule has 0 aromatic carbocycles. The van der Waals surface area contributed by atoms with Crippen LogP contribution in [0.3, 0.4) is 0 Å². The second-order valence-corrected chi connectivity index (χ2v) is 5.63. The van der Waals surface area contributed by atoms with Crippen LogP contribution < -0.4 is 5.11 Å². The van der Waals surface area contributed by atoms with E-state index in [1.807, 2.05) is 30.4 Å². The zero-order chi connectivity index (χ0) is 17.9. The van der Waals surface area contributed by atoms with Gasteiger partial charge in [0, 0.05) is 12.6 Å². The molecule has 0 aliphatic rings. The Morgan fingerprint density at radius 2 is 1.62 bits per heavy atom. The summed E-state index contributed by atoms with van der Waals surface area (Å²) < 4.78 is 0. The summed E-state index contributed by atoms with van der Waals surface area (Å²) in [4.78, 5) is 10.2. The lowest BCUT2D eigenvalue weighted by Crippen LogP contribution is -2.21. The van der Waals surface area contributed by atoms with Gasteiger partial charge in [-0.3, -0.25) is 0 Å². The number of aliphatic carboxylic acids is 1. The van der Waals surface area contributed by atoms with Crippen molar-refractivity contribution in [3.8, 4) is 0 Å². The fraction of sp³-hybridized carbons (Fsp3) is 0.550. The van der Waals surface area contributed by atoms with Crippen LogP contribution in [0.15, 0.2) is 48.6 Å². The monoisotopic (exact) mass is 335 g/mol. The summed E-state index contributed by atoms with van der Waals surface area (Å²) in [5.74, 6) is -0.988. The van der Waals surface area contributed by atoms with E-state index in [-0.39, 0.29) is 13.0 Å². The first kappa shape index (κ1) is 22.4. The Bertz CT molecular complexity index is 408. The third-order valence-electron chi connectivity index (χ3n) is 3.37. The Labute approximate surface area is 145 Å². The van der Waals surface area contributed by atoms with Crippen molar-refractivity contribution in [2.24, 2.45) is 0 Å². The van der Waals surface area contributed by atoms with Crippen molar-refractivity contribution >= 4 is 5.97 Å². The second-order valence-electron chi connectivity index (χ2n) is 5.63. The number of allylic oxidation sites excluding steroid dienone is 7. The maximum atomic E-state index is 10.2. The number of carbonyl (C=O) groups excluding carboxylic acids is 1. The Morgan fingerprint density at radius 1 is 0.917 bits per heavy atom. The van der Waals surface area contributed by atoms with E-state index in [0.717, 1.165) is 44.9 Å². The molecule has 2 N–H and O–H groups in total. The average molecular weight is 335 g/mol. The fourth-order valence-electron chi connectivity index (χ4n) is 2.02. The first-order valence-corrected chi connectivity index (χ1v) is 8.79. The summed E-state index contributed by atoms with van der Waals surface area (Å²) in [7, 11) is 0. The molecule has 0 aromatic rings. The van der Waals surface area contributed by atoms with E-state index in [0.29, 0.717) is 6.42 Å². The van der Waals surface area contributed by atoms with Gasteiger partial charge in [0.05, 0.1) is 6.10 Å². The summed E-state index contributed by atoms with van der Waals surface area (Å²) in [6, 6.07) is 0. The number of unbranched alkanes of at least 4 members (excludes halogenated alkanes) is 3. The lowest BCUT2D eigenvalue weighted by Gasteiger charge is -2.03. The van der Waals surface area contributed by atoms with Gasteiger partial charge in [0.25, 0.3) is 0 Å². The molecule has 1 unspecified atom stereocenters. The van der Waals surface area contributed by atoms with Crippen LogP contribution in [0.5, 0.6) is 0 Å².